The Balaban J connectivity index is 2.27. The van der Waals surface area contributed by atoms with Crippen molar-refractivity contribution in [2.45, 2.75) is 71.6 Å². The van der Waals surface area contributed by atoms with Crippen LogP contribution in [0.2, 0.25) is 0 Å². The molecule has 0 bridgehead atoms. The van der Waals surface area contributed by atoms with E-state index in [2.05, 4.69) is 6.92 Å². The molecule has 0 aromatic heterocycles. The third kappa shape index (κ3) is 6.97. The number of benzene rings is 1. The zero-order valence-electron chi connectivity index (χ0n) is 14.2. The molecule has 0 saturated heterocycles. The molecule has 0 saturated carbocycles. The van der Waals surface area contributed by atoms with Gasteiger partial charge in [0.05, 0.1) is 12.3 Å². The topological polar surface area (TPSA) is 52.3 Å². The first-order valence-electron chi connectivity index (χ1n) is 8.74. The van der Waals surface area contributed by atoms with Gasteiger partial charge in [0.1, 0.15) is 5.75 Å². The molecule has 0 fully saturated rings. The van der Waals surface area contributed by atoms with E-state index in [1.165, 1.54) is 38.5 Å². The van der Waals surface area contributed by atoms with E-state index in [9.17, 15) is 4.79 Å². The van der Waals surface area contributed by atoms with Crippen molar-refractivity contribution >= 4 is 11.5 Å². The molecule has 3 nitrogen and oxygen atoms in total. The first-order valence-corrected chi connectivity index (χ1v) is 8.74. The van der Waals surface area contributed by atoms with Gasteiger partial charge in [-0.3, -0.25) is 4.79 Å². The Morgan fingerprint density at radius 1 is 1.00 bits per heavy atom. The van der Waals surface area contributed by atoms with E-state index in [0.717, 1.165) is 12.8 Å². The molecule has 3 heteroatoms. The predicted octanol–water partition coefficient (Wildman–Crippen LogP) is 5.38. The number of nitrogen functional groups attached to an aromatic ring is 1. The molecule has 0 heterocycles. The molecule has 0 aliphatic carbocycles. The van der Waals surface area contributed by atoms with Crippen LogP contribution in [0.5, 0.6) is 5.75 Å². The molecule has 1 aromatic rings. The molecule has 22 heavy (non-hydrogen) atoms. The first-order chi connectivity index (χ1) is 10.7. The number of Topliss-reactive ketones (excluding diaryl/α,β-unsaturated/α-hetero) is 1. The Hall–Kier alpha value is -1.51. The van der Waals surface area contributed by atoms with Gasteiger partial charge in [-0.05, 0) is 31.0 Å². The summed E-state index contributed by atoms with van der Waals surface area (Å²) in [4.78, 5) is 11.8. The van der Waals surface area contributed by atoms with Crippen molar-refractivity contribution in [1.29, 1.82) is 0 Å². The van der Waals surface area contributed by atoms with E-state index in [0.29, 0.717) is 30.0 Å². The quantitative estimate of drug-likeness (QED) is 0.320. The molecule has 1 rings (SSSR count). The second kappa shape index (κ2) is 11.1. The standard InChI is InChI=1S/C19H31NO2/c1-3-5-6-7-8-9-10-14-22-19-13-12-16(15-17(19)20)18(21)11-4-2/h12-13,15H,3-11,14,20H2,1-2H3. The third-order valence-electron chi connectivity index (χ3n) is 3.81. The summed E-state index contributed by atoms with van der Waals surface area (Å²) in [5, 5.41) is 0. The van der Waals surface area contributed by atoms with E-state index in [-0.39, 0.29) is 5.78 Å². The Morgan fingerprint density at radius 2 is 1.68 bits per heavy atom. The third-order valence-corrected chi connectivity index (χ3v) is 3.81. The van der Waals surface area contributed by atoms with Crippen LogP contribution in [-0.4, -0.2) is 12.4 Å². The lowest BCUT2D eigenvalue weighted by atomic mass is 10.1. The zero-order chi connectivity index (χ0) is 16.2. The lowest BCUT2D eigenvalue weighted by molar-refractivity contribution is 0.0982. The van der Waals surface area contributed by atoms with Crippen LogP contribution >= 0.6 is 0 Å². The second-order valence-corrected chi connectivity index (χ2v) is 5.90. The monoisotopic (exact) mass is 305 g/mol. The summed E-state index contributed by atoms with van der Waals surface area (Å²) in [6, 6.07) is 5.37. The molecule has 0 atom stereocenters. The Kier molecular flexibility index (Phi) is 9.36. The Labute approximate surface area is 135 Å². The zero-order valence-corrected chi connectivity index (χ0v) is 14.2. The Morgan fingerprint density at radius 3 is 2.32 bits per heavy atom. The molecular formula is C19H31NO2. The number of anilines is 1. The maximum Gasteiger partial charge on any atom is 0.162 e. The SMILES string of the molecule is CCCCCCCCCOc1ccc(C(=O)CCC)cc1N. The molecule has 2 N–H and O–H groups in total. The van der Waals surface area contributed by atoms with Gasteiger partial charge in [0.2, 0.25) is 0 Å². The highest BCUT2D eigenvalue weighted by Gasteiger charge is 2.08. The average Bonchev–Trinajstić information content (AvgIpc) is 2.51. The first kappa shape index (κ1) is 18.5. The van der Waals surface area contributed by atoms with Crippen molar-refractivity contribution in [3.05, 3.63) is 23.8 Å². The molecule has 0 radical (unpaired) electrons. The van der Waals surface area contributed by atoms with E-state index in [1.807, 2.05) is 19.1 Å². The van der Waals surface area contributed by atoms with E-state index < -0.39 is 0 Å². The number of unbranched alkanes of at least 4 members (excludes halogenated alkanes) is 6. The number of hydrogen-bond donors (Lipinski definition) is 1. The van der Waals surface area contributed by atoms with E-state index in [1.54, 1.807) is 6.07 Å². The van der Waals surface area contributed by atoms with Crippen molar-refractivity contribution in [3.63, 3.8) is 0 Å². The molecule has 124 valence electrons. The molecule has 0 spiro atoms. The molecule has 0 unspecified atom stereocenters. The van der Waals surface area contributed by atoms with Crippen LogP contribution in [0.15, 0.2) is 18.2 Å². The van der Waals surface area contributed by atoms with Gasteiger partial charge < -0.3 is 10.5 Å². The summed E-state index contributed by atoms with van der Waals surface area (Å²) in [5.41, 5.74) is 7.22. The lowest BCUT2D eigenvalue weighted by Gasteiger charge is -2.10. The van der Waals surface area contributed by atoms with Crippen LogP contribution in [0.4, 0.5) is 5.69 Å². The Bertz CT molecular complexity index is 443. The number of carbonyl (C=O) groups is 1. The van der Waals surface area contributed by atoms with Gasteiger partial charge in [0.25, 0.3) is 0 Å². The number of nitrogens with two attached hydrogens (primary N) is 1. The molecule has 1 aromatic carbocycles. The molecule has 0 amide bonds. The van der Waals surface area contributed by atoms with Crippen molar-refractivity contribution < 1.29 is 9.53 Å². The lowest BCUT2D eigenvalue weighted by Crippen LogP contribution is -2.03. The fourth-order valence-electron chi connectivity index (χ4n) is 2.47. The van der Waals surface area contributed by atoms with Gasteiger partial charge in [0.15, 0.2) is 5.78 Å². The number of ether oxygens (including phenoxy) is 1. The second-order valence-electron chi connectivity index (χ2n) is 5.90. The summed E-state index contributed by atoms with van der Waals surface area (Å²) in [6.45, 7) is 4.93. The minimum atomic E-state index is 0.146. The van der Waals surface area contributed by atoms with Gasteiger partial charge in [-0.15, -0.1) is 0 Å². The smallest absolute Gasteiger partial charge is 0.162 e. The minimum absolute atomic E-state index is 0.146. The molecular weight excluding hydrogens is 274 g/mol. The summed E-state index contributed by atoms with van der Waals surface area (Å²) < 4.78 is 5.72. The van der Waals surface area contributed by atoms with Gasteiger partial charge in [-0.1, -0.05) is 52.4 Å². The van der Waals surface area contributed by atoms with Crippen LogP contribution in [0.1, 0.15) is 82.0 Å². The van der Waals surface area contributed by atoms with Crippen LogP contribution in [0.3, 0.4) is 0 Å². The van der Waals surface area contributed by atoms with Gasteiger partial charge >= 0.3 is 0 Å². The summed E-state index contributed by atoms with van der Waals surface area (Å²) >= 11 is 0. The minimum Gasteiger partial charge on any atom is -0.491 e. The van der Waals surface area contributed by atoms with Crippen molar-refractivity contribution in [2.75, 3.05) is 12.3 Å². The van der Waals surface area contributed by atoms with Crippen molar-refractivity contribution in [1.82, 2.24) is 0 Å². The normalized spacial score (nSPS) is 10.6. The summed E-state index contributed by atoms with van der Waals surface area (Å²) in [7, 11) is 0. The van der Waals surface area contributed by atoms with Crippen LogP contribution in [-0.2, 0) is 0 Å². The van der Waals surface area contributed by atoms with Gasteiger partial charge in [0, 0.05) is 12.0 Å². The maximum absolute atomic E-state index is 11.8. The van der Waals surface area contributed by atoms with Crippen LogP contribution < -0.4 is 10.5 Å². The van der Waals surface area contributed by atoms with Crippen LogP contribution in [0, 0.1) is 0 Å². The number of hydrogen-bond acceptors (Lipinski definition) is 3. The molecule has 0 aliphatic heterocycles. The van der Waals surface area contributed by atoms with Gasteiger partial charge in [-0.25, -0.2) is 0 Å². The van der Waals surface area contributed by atoms with Crippen molar-refractivity contribution in [2.24, 2.45) is 0 Å². The largest absolute Gasteiger partial charge is 0.491 e. The highest BCUT2D eigenvalue weighted by atomic mass is 16.5. The highest BCUT2D eigenvalue weighted by Crippen LogP contribution is 2.23. The van der Waals surface area contributed by atoms with E-state index in [4.69, 9.17) is 10.5 Å². The fraction of sp³-hybridized carbons (Fsp3) is 0.632. The van der Waals surface area contributed by atoms with E-state index >= 15 is 0 Å². The predicted molar refractivity (Wildman–Crippen MR) is 93.6 cm³/mol. The number of rotatable bonds is 12. The number of carbonyl (C=O) groups excluding carboxylic acids is 1. The molecule has 0 aliphatic rings. The maximum atomic E-state index is 11.8. The number of ketones is 1. The fourth-order valence-corrected chi connectivity index (χ4v) is 2.47. The summed E-state index contributed by atoms with van der Waals surface area (Å²) in [6.07, 6.45) is 10.3. The highest BCUT2D eigenvalue weighted by molar-refractivity contribution is 5.97. The van der Waals surface area contributed by atoms with Gasteiger partial charge in [-0.2, -0.15) is 0 Å². The van der Waals surface area contributed by atoms with Crippen molar-refractivity contribution in [3.8, 4) is 5.75 Å². The summed E-state index contributed by atoms with van der Waals surface area (Å²) in [5.74, 6) is 0.840. The van der Waals surface area contributed by atoms with Crippen LogP contribution in [0.25, 0.3) is 0 Å². The average molecular weight is 305 g/mol.